The van der Waals surface area contributed by atoms with Crippen molar-refractivity contribution in [3.05, 3.63) is 28.6 Å². The number of thioether (sulfide) groups is 1. The van der Waals surface area contributed by atoms with Crippen LogP contribution in [-0.4, -0.2) is 27.5 Å². The monoisotopic (exact) mass is 304 g/mol. The molecule has 0 amide bonds. The zero-order valence-corrected chi connectivity index (χ0v) is 12.9. The lowest BCUT2D eigenvalue weighted by atomic mass is 9.95. The fourth-order valence-electron chi connectivity index (χ4n) is 2.91. The fraction of sp³-hybridized carbons (Fsp3) is 0.467. The molecule has 0 aliphatic heterocycles. The van der Waals surface area contributed by atoms with Crippen LogP contribution in [0.15, 0.2) is 23.0 Å². The van der Waals surface area contributed by atoms with Gasteiger partial charge in [0.1, 0.15) is 0 Å². The lowest BCUT2D eigenvalue weighted by molar-refractivity contribution is 0.471. The van der Waals surface area contributed by atoms with Crippen molar-refractivity contribution in [2.45, 2.75) is 37.0 Å². The highest BCUT2D eigenvalue weighted by Crippen LogP contribution is 2.28. The van der Waals surface area contributed by atoms with Gasteiger partial charge in [0.25, 0.3) is 5.56 Å². The van der Waals surface area contributed by atoms with Crippen molar-refractivity contribution >= 4 is 34.3 Å². The van der Waals surface area contributed by atoms with Crippen LogP contribution < -0.4 is 16.6 Å². The number of nitrogens with two attached hydrogens (primary N) is 1. The summed E-state index contributed by atoms with van der Waals surface area (Å²) in [6.45, 7) is 0. The molecule has 1 aliphatic carbocycles. The van der Waals surface area contributed by atoms with Crippen LogP contribution in [0.2, 0.25) is 0 Å². The summed E-state index contributed by atoms with van der Waals surface area (Å²) in [6, 6.07) is 5.60. The van der Waals surface area contributed by atoms with Crippen molar-refractivity contribution in [2.24, 2.45) is 0 Å². The van der Waals surface area contributed by atoms with E-state index in [2.05, 4.69) is 21.5 Å². The van der Waals surface area contributed by atoms with Crippen LogP contribution in [-0.2, 0) is 0 Å². The normalized spacial score (nSPS) is 22.3. The molecular formula is C15H20N4OS. The van der Waals surface area contributed by atoms with Gasteiger partial charge in [-0.2, -0.15) is 11.8 Å². The Bertz CT molecular complexity index is 700. The maximum absolute atomic E-state index is 12.1. The van der Waals surface area contributed by atoms with Gasteiger partial charge >= 0.3 is 0 Å². The second-order valence-electron chi connectivity index (χ2n) is 5.56. The van der Waals surface area contributed by atoms with Crippen LogP contribution >= 0.6 is 11.8 Å². The largest absolute Gasteiger partial charge is 0.399 e. The van der Waals surface area contributed by atoms with Gasteiger partial charge in [0.2, 0.25) is 5.95 Å². The van der Waals surface area contributed by atoms with Gasteiger partial charge in [-0.3, -0.25) is 9.78 Å². The highest BCUT2D eigenvalue weighted by molar-refractivity contribution is 7.99. The van der Waals surface area contributed by atoms with E-state index >= 15 is 0 Å². The molecule has 0 radical (unpaired) electrons. The number of H-pyrrole nitrogens is 1. The van der Waals surface area contributed by atoms with Crippen LogP contribution in [0.25, 0.3) is 10.9 Å². The molecule has 1 fully saturated rings. The van der Waals surface area contributed by atoms with Crippen LogP contribution in [0, 0.1) is 0 Å². The molecule has 1 heterocycles. The number of hydrogen-bond acceptors (Lipinski definition) is 5. The first-order valence-electron chi connectivity index (χ1n) is 7.24. The first-order chi connectivity index (χ1) is 10.2. The van der Waals surface area contributed by atoms with Gasteiger partial charge in [-0.15, -0.1) is 0 Å². The van der Waals surface area contributed by atoms with Gasteiger partial charge < -0.3 is 11.1 Å². The predicted molar refractivity (Wildman–Crippen MR) is 90.0 cm³/mol. The van der Waals surface area contributed by atoms with Crippen molar-refractivity contribution in [1.82, 2.24) is 9.97 Å². The van der Waals surface area contributed by atoms with Crippen LogP contribution in [0.3, 0.4) is 0 Å². The Morgan fingerprint density at radius 3 is 3.10 bits per heavy atom. The Balaban J connectivity index is 1.84. The molecule has 4 N–H and O–H groups in total. The summed E-state index contributed by atoms with van der Waals surface area (Å²) in [6.07, 6.45) is 6.90. The summed E-state index contributed by atoms with van der Waals surface area (Å²) < 4.78 is 0. The molecule has 21 heavy (non-hydrogen) atoms. The molecule has 3 rings (SSSR count). The van der Waals surface area contributed by atoms with Crippen LogP contribution in [0.1, 0.15) is 25.7 Å². The number of nitrogen functional groups attached to an aromatic ring is 1. The lowest BCUT2D eigenvalue weighted by Crippen LogP contribution is -2.30. The second kappa shape index (κ2) is 5.97. The number of fused-ring (bicyclic) bond motifs is 1. The third-order valence-corrected chi connectivity index (χ3v) is 5.12. The maximum atomic E-state index is 12.1. The molecule has 6 heteroatoms. The molecule has 0 saturated heterocycles. The van der Waals surface area contributed by atoms with Gasteiger partial charge in [-0.1, -0.05) is 6.42 Å². The quantitative estimate of drug-likeness (QED) is 0.759. The fourth-order valence-corrected chi connectivity index (χ4v) is 3.74. The second-order valence-corrected chi connectivity index (χ2v) is 6.69. The zero-order valence-electron chi connectivity index (χ0n) is 12.1. The number of anilines is 2. The van der Waals surface area contributed by atoms with Crippen LogP contribution in [0.4, 0.5) is 11.6 Å². The van der Waals surface area contributed by atoms with Crippen molar-refractivity contribution in [1.29, 1.82) is 0 Å². The summed E-state index contributed by atoms with van der Waals surface area (Å²) in [7, 11) is 0. The minimum atomic E-state index is -0.146. The Labute approximate surface area is 127 Å². The third-order valence-electron chi connectivity index (χ3n) is 4.03. The average molecular weight is 304 g/mol. The molecule has 1 saturated carbocycles. The van der Waals surface area contributed by atoms with E-state index in [0.29, 0.717) is 33.8 Å². The smallest absolute Gasteiger partial charge is 0.260 e. The molecule has 112 valence electrons. The number of aromatic amines is 1. The molecular weight excluding hydrogens is 284 g/mol. The number of nitrogens with zero attached hydrogens (tertiary/aromatic N) is 1. The predicted octanol–water partition coefficient (Wildman–Crippen LogP) is 2.59. The molecule has 1 aromatic heterocycles. The summed E-state index contributed by atoms with van der Waals surface area (Å²) >= 11 is 1.92. The van der Waals surface area contributed by atoms with Gasteiger partial charge in [-0.05, 0) is 43.7 Å². The van der Waals surface area contributed by atoms with Crippen molar-refractivity contribution in [2.75, 3.05) is 17.3 Å². The highest BCUT2D eigenvalue weighted by atomic mass is 32.2. The van der Waals surface area contributed by atoms with E-state index in [-0.39, 0.29) is 5.56 Å². The van der Waals surface area contributed by atoms with Crippen LogP contribution in [0.5, 0.6) is 0 Å². The Kier molecular flexibility index (Phi) is 4.05. The van der Waals surface area contributed by atoms with Crippen molar-refractivity contribution in [3.63, 3.8) is 0 Å². The number of benzene rings is 1. The molecule has 1 aliphatic rings. The Hall–Kier alpha value is -1.69. The number of rotatable bonds is 3. The minimum Gasteiger partial charge on any atom is -0.399 e. The van der Waals surface area contributed by atoms with E-state index in [1.54, 1.807) is 18.2 Å². The van der Waals surface area contributed by atoms with E-state index in [4.69, 9.17) is 5.73 Å². The van der Waals surface area contributed by atoms with E-state index < -0.39 is 0 Å². The summed E-state index contributed by atoms with van der Waals surface area (Å²) in [5.41, 5.74) is 6.81. The molecule has 1 aromatic carbocycles. The first-order valence-corrected chi connectivity index (χ1v) is 8.53. The van der Waals surface area contributed by atoms with Crippen molar-refractivity contribution < 1.29 is 0 Å². The van der Waals surface area contributed by atoms with Gasteiger partial charge in [0.15, 0.2) is 0 Å². The molecule has 5 nitrogen and oxygen atoms in total. The summed E-state index contributed by atoms with van der Waals surface area (Å²) in [5, 5.41) is 4.61. The number of nitrogens with one attached hydrogen (secondary N) is 2. The Morgan fingerprint density at radius 1 is 1.43 bits per heavy atom. The van der Waals surface area contributed by atoms with Gasteiger partial charge in [-0.25, -0.2) is 4.98 Å². The summed E-state index contributed by atoms with van der Waals surface area (Å²) in [4.78, 5) is 19.4. The molecule has 2 unspecified atom stereocenters. The number of aromatic nitrogens is 2. The standard InChI is InChI=1S/C15H20N4OS/c1-21-11-4-2-3-10(8-11)17-15-18-13-6-5-9(16)7-12(13)14(20)19-15/h5-7,10-11H,2-4,8,16H2,1H3,(H2,17,18,19,20). The van der Waals surface area contributed by atoms with E-state index in [1.165, 1.54) is 12.8 Å². The highest BCUT2D eigenvalue weighted by Gasteiger charge is 2.21. The van der Waals surface area contributed by atoms with Gasteiger partial charge in [0.05, 0.1) is 10.9 Å². The molecule has 0 bridgehead atoms. The maximum Gasteiger partial charge on any atom is 0.260 e. The van der Waals surface area contributed by atoms with E-state index in [1.807, 2.05) is 11.8 Å². The van der Waals surface area contributed by atoms with Crippen molar-refractivity contribution in [3.8, 4) is 0 Å². The lowest BCUT2D eigenvalue weighted by Gasteiger charge is -2.28. The zero-order chi connectivity index (χ0) is 14.8. The minimum absolute atomic E-state index is 0.146. The first kappa shape index (κ1) is 14.3. The topological polar surface area (TPSA) is 83.8 Å². The Morgan fingerprint density at radius 2 is 2.29 bits per heavy atom. The number of hydrogen-bond donors (Lipinski definition) is 3. The molecule has 2 atom stereocenters. The molecule has 0 spiro atoms. The summed E-state index contributed by atoms with van der Waals surface area (Å²) in [5.74, 6) is 0.559. The SMILES string of the molecule is CSC1CCCC(Nc2nc3ccc(N)cc3c(=O)[nH]2)C1. The molecule has 2 aromatic rings. The van der Waals surface area contributed by atoms with E-state index in [0.717, 1.165) is 12.8 Å². The van der Waals surface area contributed by atoms with E-state index in [9.17, 15) is 4.79 Å². The third kappa shape index (κ3) is 3.15. The average Bonchev–Trinajstić information content (AvgIpc) is 2.48. The van der Waals surface area contributed by atoms with Gasteiger partial charge in [0, 0.05) is 17.0 Å².